The van der Waals surface area contributed by atoms with Crippen LogP contribution in [-0.2, 0) is 4.74 Å². The maximum atomic E-state index is 5.51. The highest BCUT2D eigenvalue weighted by Crippen LogP contribution is 2.15. The molecule has 0 aliphatic carbocycles. The van der Waals surface area contributed by atoms with Gasteiger partial charge < -0.3 is 4.74 Å². The van der Waals surface area contributed by atoms with E-state index < -0.39 is 0 Å². The zero-order valence-electron chi connectivity index (χ0n) is 10.7. The molecule has 0 heterocycles. The second-order valence-corrected chi connectivity index (χ2v) is 5.43. The highest BCUT2D eigenvalue weighted by Gasteiger charge is 2.08. The van der Waals surface area contributed by atoms with E-state index in [1.807, 2.05) is 0 Å². The predicted molar refractivity (Wildman–Crippen MR) is 79.4 cm³/mol. The topological polar surface area (TPSA) is 9.23 Å². The lowest BCUT2D eigenvalue weighted by Gasteiger charge is -2.16. The molecule has 0 radical (unpaired) electrons. The molecule has 0 aliphatic heterocycles. The van der Waals surface area contributed by atoms with Crippen molar-refractivity contribution in [3.8, 4) is 0 Å². The summed E-state index contributed by atoms with van der Waals surface area (Å²) in [5.74, 6) is 0. The van der Waals surface area contributed by atoms with Gasteiger partial charge in [0.05, 0.1) is 0 Å². The smallest absolute Gasteiger partial charge is 0.217 e. The lowest BCUT2D eigenvalue weighted by Crippen LogP contribution is -2.14. The van der Waals surface area contributed by atoms with Crippen LogP contribution in [0.25, 0.3) is 0 Å². The van der Waals surface area contributed by atoms with Crippen molar-refractivity contribution < 1.29 is 4.74 Å². The van der Waals surface area contributed by atoms with Crippen LogP contribution in [0, 0.1) is 0 Å². The Morgan fingerprint density at radius 2 is 1.62 bits per heavy atom. The summed E-state index contributed by atoms with van der Waals surface area (Å²) in [5.41, 5.74) is 0. The van der Waals surface area contributed by atoms with Gasteiger partial charge in [0.15, 0.2) is 0 Å². The molecule has 16 heavy (non-hydrogen) atoms. The van der Waals surface area contributed by atoms with Gasteiger partial charge in [0.25, 0.3) is 0 Å². The summed E-state index contributed by atoms with van der Waals surface area (Å²) < 4.78 is 5.91. The molecule has 1 atom stereocenters. The van der Waals surface area contributed by atoms with E-state index in [1.165, 1.54) is 38.5 Å². The molecule has 0 aromatic heterocycles. The molecule has 0 saturated carbocycles. The van der Waals surface area contributed by atoms with E-state index >= 15 is 0 Å². The molecule has 0 aromatic carbocycles. The third-order valence-electron chi connectivity index (χ3n) is 2.76. The summed E-state index contributed by atoms with van der Waals surface area (Å²) in [5, 5.41) is 0. The highest BCUT2D eigenvalue weighted by molar-refractivity contribution is 8.10. The van der Waals surface area contributed by atoms with E-state index in [4.69, 9.17) is 17.0 Å². The van der Waals surface area contributed by atoms with Crippen molar-refractivity contribution in [1.82, 2.24) is 0 Å². The van der Waals surface area contributed by atoms with Gasteiger partial charge in [-0.1, -0.05) is 65.0 Å². The Kier molecular flexibility index (Phi) is 11.9. The average Bonchev–Trinajstić information content (AvgIpc) is 2.22. The number of thiol groups is 1. The van der Waals surface area contributed by atoms with Crippen molar-refractivity contribution in [2.45, 2.75) is 77.7 Å². The van der Waals surface area contributed by atoms with Gasteiger partial charge in [0, 0.05) is 0 Å². The van der Waals surface area contributed by atoms with E-state index in [1.54, 1.807) is 0 Å². The number of hydrogen-bond donors (Lipinski definition) is 1. The number of ether oxygens (including phenoxy) is 1. The molecule has 0 aromatic rings. The molecule has 0 saturated heterocycles. The minimum atomic E-state index is 0.293. The first-order valence-electron chi connectivity index (χ1n) is 6.60. The van der Waals surface area contributed by atoms with Gasteiger partial charge in [-0.25, -0.2) is 0 Å². The minimum absolute atomic E-state index is 0.293. The second kappa shape index (κ2) is 11.7. The Hall–Kier alpha value is 0.240. The fourth-order valence-electron chi connectivity index (χ4n) is 1.88. The zero-order chi connectivity index (χ0) is 12.2. The first-order valence-corrected chi connectivity index (χ1v) is 7.45. The third-order valence-corrected chi connectivity index (χ3v) is 2.96. The maximum absolute atomic E-state index is 5.51. The lowest BCUT2D eigenvalue weighted by atomic mass is 10.0. The van der Waals surface area contributed by atoms with Crippen LogP contribution in [0.5, 0.6) is 0 Å². The molecular weight excluding hydrogens is 236 g/mol. The zero-order valence-corrected chi connectivity index (χ0v) is 12.4. The van der Waals surface area contributed by atoms with Crippen molar-refractivity contribution in [2.24, 2.45) is 0 Å². The van der Waals surface area contributed by atoms with Gasteiger partial charge in [-0.05, 0) is 31.5 Å². The Morgan fingerprint density at radius 3 is 2.19 bits per heavy atom. The predicted octanol–water partition coefficient (Wildman–Crippen LogP) is 5.14. The van der Waals surface area contributed by atoms with Gasteiger partial charge in [0.2, 0.25) is 4.38 Å². The number of unbranched alkanes of at least 4 members (excludes halogenated alkanes) is 5. The van der Waals surface area contributed by atoms with E-state index in [9.17, 15) is 0 Å². The summed E-state index contributed by atoms with van der Waals surface area (Å²) in [4.78, 5) is 0. The van der Waals surface area contributed by atoms with Gasteiger partial charge in [-0.3, -0.25) is 0 Å². The van der Waals surface area contributed by atoms with E-state index in [2.05, 4.69) is 26.5 Å². The van der Waals surface area contributed by atoms with Gasteiger partial charge in [-0.15, -0.1) is 0 Å². The fourth-order valence-corrected chi connectivity index (χ4v) is 2.16. The normalized spacial score (nSPS) is 12.4. The van der Waals surface area contributed by atoms with Crippen LogP contribution in [0.4, 0.5) is 0 Å². The van der Waals surface area contributed by atoms with Gasteiger partial charge in [-0.2, -0.15) is 0 Å². The van der Waals surface area contributed by atoms with Crippen LogP contribution in [-0.4, -0.2) is 10.5 Å². The summed E-state index contributed by atoms with van der Waals surface area (Å²) in [6, 6.07) is 0. The summed E-state index contributed by atoms with van der Waals surface area (Å²) >= 11 is 8.89. The quantitative estimate of drug-likeness (QED) is 0.332. The first kappa shape index (κ1) is 16.2. The van der Waals surface area contributed by atoms with Crippen molar-refractivity contribution in [1.29, 1.82) is 0 Å². The summed E-state index contributed by atoms with van der Waals surface area (Å²) in [6.45, 7) is 4.43. The third kappa shape index (κ3) is 10.7. The van der Waals surface area contributed by atoms with Crippen LogP contribution in [0.1, 0.15) is 71.6 Å². The van der Waals surface area contributed by atoms with Crippen LogP contribution in [0.2, 0.25) is 0 Å². The molecule has 96 valence electrons. The molecule has 0 bridgehead atoms. The molecule has 3 heteroatoms. The standard InChI is InChI=1S/C13H26OS2/c1-3-5-6-7-8-9-11-12(10-4-2)14-13(15)16/h12H,3-11H2,1-2H3,(H,15,16). The number of thiocarbonyl (C=S) groups is 1. The molecule has 1 nitrogen and oxygen atoms in total. The van der Waals surface area contributed by atoms with E-state index in [0.717, 1.165) is 19.3 Å². The second-order valence-electron chi connectivity index (χ2n) is 4.35. The first-order chi connectivity index (χ1) is 7.70. The van der Waals surface area contributed by atoms with Crippen LogP contribution in [0.3, 0.4) is 0 Å². The van der Waals surface area contributed by atoms with Crippen LogP contribution < -0.4 is 0 Å². The van der Waals surface area contributed by atoms with E-state index in [0.29, 0.717) is 10.5 Å². The Balaban J connectivity index is 3.47. The SMILES string of the molecule is CCCCCCCCC(CCC)OC(=S)S. The Labute approximate surface area is 112 Å². The van der Waals surface area contributed by atoms with Crippen molar-refractivity contribution in [3.05, 3.63) is 0 Å². The van der Waals surface area contributed by atoms with Gasteiger partial charge in [0.1, 0.15) is 6.10 Å². The number of rotatable bonds is 10. The highest BCUT2D eigenvalue weighted by atomic mass is 32.1. The lowest BCUT2D eigenvalue weighted by molar-refractivity contribution is 0.174. The van der Waals surface area contributed by atoms with Crippen molar-refractivity contribution in [2.75, 3.05) is 0 Å². The summed E-state index contributed by atoms with van der Waals surface area (Å²) in [6.07, 6.45) is 11.7. The largest absolute Gasteiger partial charge is 0.475 e. The van der Waals surface area contributed by atoms with Crippen molar-refractivity contribution in [3.63, 3.8) is 0 Å². The van der Waals surface area contributed by atoms with Crippen LogP contribution >= 0.6 is 24.8 Å². The molecule has 0 rings (SSSR count). The average molecular weight is 262 g/mol. The summed E-state index contributed by atoms with van der Waals surface area (Å²) in [7, 11) is 0. The van der Waals surface area contributed by atoms with Gasteiger partial charge >= 0.3 is 0 Å². The Morgan fingerprint density at radius 1 is 1.00 bits per heavy atom. The molecular formula is C13H26OS2. The fraction of sp³-hybridized carbons (Fsp3) is 0.923. The maximum Gasteiger partial charge on any atom is 0.217 e. The number of hydrogen-bond acceptors (Lipinski definition) is 2. The Bertz CT molecular complexity index is 171. The molecule has 0 amide bonds. The minimum Gasteiger partial charge on any atom is -0.475 e. The van der Waals surface area contributed by atoms with Crippen LogP contribution in [0.15, 0.2) is 0 Å². The monoisotopic (exact) mass is 262 g/mol. The molecule has 0 N–H and O–H groups in total. The molecule has 1 unspecified atom stereocenters. The van der Waals surface area contributed by atoms with E-state index in [-0.39, 0.29) is 0 Å². The van der Waals surface area contributed by atoms with Crippen molar-refractivity contribution >= 4 is 29.2 Å². The molecule has 0 spiro atoms. The molecule has 0 fully saturated rings. The molecule has 0 aliphatic rings.